The van der Waals surface area contributed by atoms with E-state index >= 15 is 0 Å². The Hall–Kier alpha value is -1.60. The summed E-state index contributed by atoms with van der Waals surface area (Å²) in [6.45, 7) is 3.31. The van der Waals surface area contributed by atoms with Gasteiger partial charge in [-0.1, -0.05) is 18.1 Å². The molecule has 8 heteroatoms. The summed E-state index contributed by atoms with van der Waals surface area (Å²) in [6.07, 6.45) is -1.05. The summed E-state index contributed by atoms with van der Waals surface area (Å²) < 4.78 is 25.6. The zero-order valence-electron chi connectivity index (χ0n) is 10.9. The lowest BCUT2D eigenvalue weighted by Crippen LogP contribution is -2.20. The summed E-state index contributed by atoms with van der Waals surface area (Å²) in [7, 11) is -2.26. The maximum Gasteiger partial charge on any atom is 0.240 e. The first-order chi connectivity index (χ1) is 8.83. The Morgan fingerprint density at radius 1 is 1.47 bits per heavy atom. The quantitative estimate of drug-likeness (QED) is 0.486. The van der Waals surface area contributed by atoms with Crippen LogP contribution in [0.25, 0.3) is 10.4 Å². The molecule has 104 valence electrons. The molecule has 0 radical (unpaired) electrons. The number of hydrogen-bond donors (Lipinski definition) is 2. The minimum absolute atomic E-state index is 0.0581. The Balaban J connectivity index is 3.29. The molecule has 2 unspecified atom stereocenters. The van der Waals surface area contributed by atoms with Crippen molar-refractivity contribution in [1.29, 1.82) is 0 Å². The lowest BCUT2D eigenvalue weighted by Gasteiger charge is -2.18. The fraction of sp³-hybridized carbons (Fsp3) is 0.455. The van der Waals surface area contributed by atoms with Gasteiger partial charge in [0.1, 0.15) is 0 Å². The largest absolute Gasteiger partial charge is 0.388 e. The molecule has 0 aliphatic heterocycles. The van der Waals surface area contributed by atoms with Crippen molar-refractivity contribution in [2.24, 2.45) is 5.11 Å². The molecule has 0 saturated carbocycles. The highest BCUT2D eigenvalue weighted by molar-refractivity contribution is 7.89. The van der Waals surface area contributed by atoms with Crippen LogP contribution in [0, 0.1) is 6.92 Å². The summed E-state index contributed by atoms with van der Waals surface area (Å²) in [4.78, 5) is 2.69. The van der Waals surface area contributed by atoms with E-state index in [2.05, 4.69) is 14.7 Å². The third-order valence-electron chi connectivity index (χ3n) is 2.84. The van der Waals surface area contributed by atoms with Crippen LogP contribution in [0.4, 0.5) is 0 Å². The van der Waals surface area contributed by atoms with E-state index in [-0.39, 0.29) is 4.90 Å². The van der Waals surface area contributed by atoms with Gasteiger partial charge in [-0.05, 0) is 42.8 Å². The number of aryl methyl sites for hydroxylation is 1. The maximum atomic E-state index is 11.7. The summed E-state index contributed by atoms with van der Waals surface area (Å²) in [5.41, 5.74) is 9.52. The van der Waals surface area contributed by atoms with Crippen molar-refractivity contribution < 1.29 is 13.5 Å². The van der Waals surface area contributed by atoms with Crippen molar-refractivity contribution in [1.82, 2.24) is 4.72 Å². The number of aliphatic hydroxyl groups excluding tert-OH is 1. The van der Waals surface area contributed by atoms with Crippen LogP contribution in [0.15, 0.2) is 28.2 Å². The molecule has 1 aromatic carbocycles. The maximum absolute atomic E-state index is 11.7. The van der Waals surface area contributed by atoms with Crippen molar-refractivity contribution >= 4 is 10.0 Å². The Kier molecular flexibility index (Phi) is 4.90. The highest BCUT2D eigenvalue weighted by atomic mass is 32.2. The molecule has 0 heterocycles. The number of aliphatic hydroxyl groups is 1. The molecule has 0 aliphatic carbocycles. The van der Waals surface area contributed by atoms with Crippen LogP contribution in [0.2, 0.25) is 0 Å². The topological polar surface area (TPSA) is 115 Å². The van der Waals surface area contributed by atoms with Crippen LogP contribution in [-0.4, -0.2) is 26.6 Å². The summed E-state index contributed by atoms with van der Waals surface area (Å²) in [5, 5.41) is 13.5. The van der Waals surface area contributed by atoms with Gasteiger partial charge in [0.15, 0.2) is 0 Å². The van der Waals surface area contributed by atoms with E-state index in [9.17, 15) is 13.5 Å². The summed E-state index contributed by atoms with van der Waals surface area (Å²) in [5.74, 6) is 0. The lowest BCUT2D eigenvalue weighted by molar-refractivity contribution is 0.152. The van der Waals surface area contributed by atoms with Crippen molar-refractivity contribution in [3.05, 3.63) is 39.8 Å². The van der Waals surface area contributed by atoms with Gasteiger partial charge in [-0.3, -0.25) is 0 Å². The minimum atomic E-state index is -3.57. The Bertz CT molecular complexity index is 608. The van der Waals surface area contributed by atoms with Crippen molar-refractivity contribution in [2.75, 3.05) is 7.05 Å². The third-order valence-corrected chi connectivity index (χ3v) is 4.25. The predicted molar refractivity (Wildman–Crippen MR) is 71.0 cm³/mol. The molecule has 0 spiro atoms. The van der Waals surface area contributed by atoms with Gasteiger partial charge in [0.05, 0.1) is 17.0 Å². The molecule has 0 bridgehead atoms. The molecular formula is C11H16N4O3S. The number of rotatable bonds is 5. The van der Waals surface area contributed by atoms with Crippen molar-refractivity contribution in [2.45, 2.75) is 30.9 Å². The van der Waals surface area contributed by atoms with Gasteiger partial charge in [0.2, 0.25) is 10.0 Å². The third kappa shape index (κ3) is 3.45. The van der Waals surface area contributed by atoms with Crippen molar-refractivity contribution in [3.63, 3.8) is 0 Å². The van der Waals surface area contributed by atoms with Crippen LogP contribution in [-0.2, 0) is 10.0 Å². The second kappa shape index (κ2) is 6.03. The second-order valence-electron chi connectivity index (χ2n) is 4.12. The van der Waals surface area contributed by atoms with Gasteiger partial charge >= 0.3 is 0 Å². The molecule has 19 heavy (non-hydrogen) atoms. The fourth-order valence-electron chi connectivity index (χ4n) is 1.63. The molecule has 1 aromatic rings. The normalized spacial score (nSPS) is 14.5. The molecule has 7 nitrogen and oxygen atoms in total. The standard InChI is InChI=1S/C11H16N4O3S/c1-7-4-5-9(19(17,18)13-3)6-10(7)11(16)8(2)14-15-12/h4-6,8,11,13,16H,1-3H3. The summed E-state index contributed by atoms with van der Waals surface area (Å²) in [6, 6.07) is 3.76. The molecule has 1 rings (SSSR count). The first kappa shape index (κ1) is 15.5. The number of hydrogen-bond acceptors (Lipinski definition) is 4. The first-order valence-corrected chi connectivity index (χ1v) is 7.08. The predicted octanol–water partition coefficient (Wildman–Crippen LogP) is 1.64. The Labute approximate surface area is 111 Å². The van der Waals surface area contributed by atoms with Gasteiger partial charge < -0.3 is 5.11 Å². The Morgan fingerprint density at radius 2 is 2.11 bits per heavy atom. The van der Waals surface area contributed by atoms with E-state index in [1.54, 1.807) is 19.9 Å². The average molecular weight is 284 g/mol. The van der Waals surface area contributed by atoms with E-state index in [1.807, 2.05) is 0 Å². The number of nitrogens with zero attached hydrogens (tertiary/aromatic N) is 3. The molecule has 0 aliphatic rings. The highest BCUT2D eigenvalue weighted by Gasteiger charge is 2.20. The van der Waals surface area contributed by atoms with E-state index in [0.717, 1.165) is 5.56 Å². The van der Waals surface area contributed by atoms with Crippen molar-refractivity contribution in [3.8, 4) is 0 Å². The van der Waals surface area contributed by atoms with Crippen LogP contribution in [0.5, 0.6) is 0 Å². The molecule has 0 fully saturated rings. The average Bonchev–Trinajstić information content (AvgIpc) is 2.38. The van der Waals surface area contributed by atoms with E-state index in [0.29, 0.717) is 5.56 Å². The van der Waals surface area contributed by atoms with Gasteiger partial charge in [0, 0.05) is 4.91 Å². The SMILES string of the molecule is CNS(=O)(=O)c1ccc(C)c(C(O)C(C)N=[N+]=[N-])c1. The first-order valence-electron chi connectivity index (χ1n) is 5.60. The highest BCUT2D eigenvalue weighted by Crippen LogP contribution is 2.25. The van der Waals surface area contributed by atoms with Crippen LogP contribution >= 0.6 is 0 Å². The van der Waals surface area contributed by atoms with Gasteiger partial charge in [-0.2, -0.15) is 0 Å². The minimum Gasteiger partial charge on any atom is -0.388 e. The lowest BCUT2D eigenvalue weighted by atomic mass is 9.99. The molecule has 0 aromatic heterocycles. The molecule has 0 amide bonds. The molecular weight excluding hydrogens is 268 g/mol. The molecule has 2 N–H and O–H groups in total. The number of benzene rings is 1. The van der Waals surface area contributed by atoms with Crippen LogP contribution < -0.4 is 4.72 Å². The fourth-order valence-corrected chi connectivity index (χ4v) is 2.39. The van der Waals surface area contributed by atoms with E-state index < -0.39 is 22.2 Å². The number of azide groups is 1. The zero-order chi connectivity index (χ0) is 14.6. The monoisotopic (exact) mass is 284 g/mol. The molecule has 0 saturated heterocycles. The smallest absolute Gasteiger partial charge is 0.240 e. The van der Waals surface area contributed by atoms with E-state index in [1.165, 1.54) is 19.2 Å². The van der Waals surface area contributed by atoms with Gasteiger partial charge in [0.25, 0.3) is 0 Å². The van der Waals surface area contributed by atoms with E-state index in [4.69, 9.17) is 5.53 Å². The van der Waals surface area contributed by atoms with Gasteiger partial charge in [-0.15, -0.1) is 0 Å². The molecule has 2 atom stereocenters. The van der Waals surface area contributed by atoms with Crippen LogP contribution in [0.1, 0.15) is 24.2 Å². The number of sulfonamides is 1. The Morgan fingerprint density at radius 3 is 2.63 bits per heavy atom. The van der Waals surface area contributed by atoms with Crippen LogP contribution in [0.3, 0.4) is 0 Å². The second-order valence-corrected chi connectivity index (χ2v) is 6.00. The zero-order valence-corrected chi connectivity index (χ0v) is 11.7. The summed E-state index contributed by atoms with van der Waals surface area (Å²) >= 11 is 0. The number of nitrogens with one attached hydrogen (secondary N) is 1. The van der Waals surface area contributed by atoms with Gasteiger partial charge in [-0.25, -0.2) is 13.1 Å².